The van der Waals surface area contributed by atoms with E-state index in [2.05, 4.69) is 20.9 Å². The van der Waals surface area contributed by atoms with E-state index in [0.717, 1.165) is 0 Å². The predicted octanol–water partition coefficient (Wildman–Crippen LogP) is 2.17. The third-order valence-corrected chi connectivity index (χ3v) is 3.23. The second kappa shape index (κ2) is 5.07. The first kappa shape index (κ1) is 13.0. The number of carbonyl (C=O) groups excluding carboxylic acids is 1. The number of hydrogen-bond donors (Lipinski definition) is 0. The number of ether oxygens (including phenoxy) is 1. The van der Waals surface area contributed by atoms with Crippen LogP contribution < -0.4 is 5.56 Å². The van der Waals surface area contributed by atoms with Gasteiger partial charge in [-0.25, -0.2) is 4.98 Å². The van der Waals surface area contributed by atoms with Crippen LogP contribution in [0.2, 0.25) is 5.02 Å². The first-order valence-electron chi connectivity index (χ1n) is 4.98. The molecule has 0 aliphatic rings. The van der Waals surface area contributed by atoms with Crippen molar-refractivity contribution in [2.45, 2.75) is 13.5 Å². The number of rotatable bonds is 2. The molecule has 0 saturated heterocycles. The molecule has 0 unspecified atom stereocenters. The first-order valence-corrected chi connectivity index (χ1v) is 6.16. The van der Waals surface area contributed by atoms with Gasteiger partial charge in [-0.1, -0.05) is 11.6 Å². The van der Waals surface area contributed by atoms with Crippen molar-refractivity contribution >= 4 is 39.1 Å². The number of halogens is 2. The zero-order valence-electron chi connectivity index (χ0n) is 9.31. The highest BCUT2D eigenvalue weighted by atomic mass is 79.9. The monoisotopic (exact) mass is 330 g/mol. The van der Waals surface area contributed by atoms with E-state index in [4.69, 9.17) is 16.3 Å². The fourth-order valence-corrected chi connectivity index (χ4v) is 1.96. The Morgan fingerprint density at radius 3 is 2.94 bits per heavy atom. The standard InChI is InChI=1S/C11H8BrClN2O3/c1-6(16)18-5-8-10(12)11(17)15-4-7(13)2-3-9(15)14-8/h2-4H,5H2,1H3. The lowest BCUT2D eigenvalue weighted by Gasteiger charge is -2.07. The number of carbonyl (C=O) groups is 1. The lowest BCUT2D eigenvalue weighted by Crippen LogP contribution is -2.19. The maximum absolute atomic E-state index is 12.0. The normalized spacial score (nSPS) is 10.6. The molecule has 0 spiro atoms. The van der Waals surface area contributed by atoms with E-state index >= 15 is 0 Å². The summed E-state index contributed by atoms with van der Waals surface area (Å²) in [5.74, 6) is -0.431. The summed E-state index contributed by atoms with van der Waals surface area (Å²) < 4.78 is 6.41. The summed E-state index contributed by atoms with van der Waals surface area (Å²) in [6.07, 6.45) is 1.48. The molecule has 2 heterocycles. The second-order valence-corrected chi connectivity index (χ2v) is 4.76. The summed E-state index contributed by atoms with van der Waals surface area (Å²) in [4.78, 5) is 27.0. The molecule has 2 aromatic heterocycles. The number of fused-ring (bicyclic) bond motifs is 1. The van der Waals surface area contributed by atoms with E-state index < -0.39 is 5.97 Å². The van der Waals surface area contributed by atoms with Gasteiger partial charge in [0.2, 0.25) is 0 Å². The van der Waals surface area contributed by atoms with Crippen molar-refractivity contribution in [3.63, 3.8) is 0 Å². The van der Waals surface area contributed by atoms with E-state index in [1.165, 1.54) is 17.5 Å². The van der Waals surface area contributed by atoms with Crippen molar-refractivity contribution in [2.75, 3.05) is 0 Å². The summed E-state index contributed by atoms with van der Waals surface area (Å²) >= 11 is 8.96. The molecule has 2 rings (SSSR count). The minimum atomic E-state index is -0.431. The van der Waals surface area contributed by atoms with Crippen LogP contribution in [-0.2, 0) is 16.1 Å². The Hall–Kier alpha value is -1.40. The van der Waals surface area contributed by atoms with Gasteiger partial charge in [-0.05, 0) is 28.1 Å². The minimum absolute atomic E-state index is 0.0513. The first-order chi connectivity index (χ1) is 8.49. The summed E-state index contributed by atoms with van der Waals surface area (Å²) in [6.45, 7) is 1.24. The van der Waals surface area contributed by atoms with Crippen molar-refractivity contribution < 1.29 is 9.53 Å². The average molecular weight is 332 g/mol. The minimum Gasteiger partial charge on any atom is -0.459 e. The van der Waals surface area contributed by atoms with Gasteiger partial charge in [-0.15, -0.1) is 0 Å². The van der Waals surface area contributed by atoms with Gasteiger partial charge in [0.1, 0.15) is 22.4 Å². The van der Waals surface area contributed by atoms with Crippen molar-refractivity contribution in [2.24, 2.45) is 0 Å². The smallest absolute Gasteiger partial charge is 0.303 e. The van der Waals surface area contributed by atoms with Crippen LogP contribution >= 0.6 is 27.5 Å². The van der Waals surface area contributed by atoms with E-state index in [1.807, 2.05) is 0 Å². The molecule has 0 radical (unpaired) electrons. The quantitative estimate of drug-likeness (QED) is 0.791. The van der Waals surface area contributed by atoms with Crippen molar-refractivity contribution in [1.82, 2.24) is 9.38 Å². The molecule has 5 nitrogen and oxygen atoms in total. The van der Waals surface area contributed by atoms with Gasteiger partial charge in [0.15, 0.2) is 0 Å². The van der Waals surface area contributed by atoms with E-state index in [-0.39, 0.29) is 16.6 Å². The topological polar surface area (TPSA) is 60.7 Å². The Kier molecular flexibility index (Phi) is 3.68. The summed E-state index contributed by atoms with van der Waals surface area (Å²) in [6, 6.07) is 3.25. The molecule has 0 fully saturated rings. The SMILES string of the molecule is CC(=O)OCc1nc2ccc(Cl)cn2c(=O)c1Br. The molecule has 0 bridgehead atoms. The van der Waals surface area contributed by atoms with E-state index in [9.17, 15) is 9.59 Å². The fourth-order valence-electron chi connectivity index (χ4n) is 1.40. The maximum Gasteiger partial charge on any atom is 0.303 e. The Bertz CT molecular complexity index is 684. The maximum atomic E-state index is 12.0. The number of esters is 1. The molecule has 0 aliphatic heterocycles. The summed E-state index contributed by atoms with van der Waals surface area (Å²) in [7, 11) is 0. The third-order valence-electron chi connectivity index (χ3n) is 2.21. The Balaban J connectivity index is 2.57. The predicted molar refractivity (Wildman–Crippen MR) is 69.6 cm³/mol. The molecule has 0 saturated carbocycles. The van der Waals surface area contributed by atoms with Crippen molar-refractivity contribution in [3.05, 3.63) is 43.9 Å². The fraction of sp³-hybridized carbons (Fsp3) is 0.182. The van der Waals surface area contributed by atoms with Gasteiger partial charge in [0.25, 0.3) is 5.56 Å². The van der Waals surface area contributed by atoms with E-state index in [0.29, 0.717) is 16.4 Å². The molecule has 94 valence electrons. The van der Waals surface area contributed by atoms with Crippen LogP contribution in [0.5, 0.6) is 0 Å². The van der Waals surface area contributed by atoms with Crippen LogP contribution in [0.3, 0.4) is 0 Å². The largest absolute Gasteiger partial charge is 0.459 e. The zero-order valence-corrected chi connectivity index (χ0v) is 11.7. The van der Waals surface area contributed by atoms with E-state index in [1.54, 1.807) is 12.1 Å². The molecule has 18 heavy (non-hydrogen) atoms. The second-order valence-electron chi connectivity index (χ2n) is 3.53. The van der Waals surface area contributed by atoms with Crippen LogP contribution in [0.25, 0.3) is 5.65 Å². The number of aromatic nitrogens is 2. The van der Waals surface area contributed by atoms with Crippen LogP contribution in [0, 0.1) is 0 Å². The van der Waals surface area contributed by atoms with Gasteiger partial charge in [-0.3, -0.25) is 14.0 Å². The van der Waals surface area contributed by atoms with Crippen molar-refractivity contribution in [3.8, 4) is 0 Å². The molecule has 0 aliphatic carbocycles. The highest BCUT2D eigenvalue weighted by molar-refractivity contribution is 9.10. The molecular weight excluding hydrogens is 323 g/mol. The Labute approximate surface area is 115 Å². The van der Waals surface area contributed by atoms with Gasteiger partial charge in [-0.2, -0.15) is 0 Å². The summed E-state index contributed by atoms with van der Waals surface area (Å²) in [5, 5.41) is 0.436. The molecular formula is C11H8BrClN2O3. The lowest BCUT2D eigenvalue weighted by molar-refractivity contribution is -0.142. The van der Waals surface area contributed by atoms with Crippen LogP contribution in [-0.4, -0.2) is 15.4 Å². The Morgan fingerprint density at radius 1 is 1.56 bits per heavy atom. The van der Waals surface area contributed by atoms with Crippen molar-refractivity contribution in [1.29, 1.82) is 0 Å². The molecule has 0 atom stereocenters. The van der Waals surface area contributed by atoms with Crippen LogP contribution in [0.15, 0.2) is 27.6 Å². The van der Waals surface area contributed by atoms with Gasteiger partial charge >= 0.3 is 5.97 Å². The van der Waals surface area contributed by atoms with Crippen LogP contribution in [0.1, 0.15) is 12.6 Å². The Morgan fingerprint density at radius 2 is 2.28 bits per heavy atom. The zero-order chi connectivity index (χ0) is 13.3. The average Bonchev–Trinajstić information content (AvgIpc) is 2.32. The van der Waals surface area contributed by atoms with Crippen LogP contribution in [0.4, 0.5) is 0 Å². The number of nitrogens with zero attached hydrogens (tertiary/aromatic N) is 2. The highest BCUT2D eigenvalue weighted by Crippen LogP contribution is 2.14. The molecule has 0 aromatic carbocycles. The van der Waals surface area contributed by atoms with Gasteiger partial charge < -0.3 is 4.74 Å². The lowest BCUT2D eigenvalue weighted by atomic mass is 10.4. The van der Waals surface area contributed by atoms with Gasteiger partial charge in [0.05, 0.1) is 5.02 Å². The molecule has 0 amide bonds. The highest BCUT2D eigenvalue weighted by Gasteiger charge is 2.11. The number of hydrogen-bond acceptors (Lipinski definition) is 4. The summed E-state index contributed by atoms with van der Waals surface area (Å²) in [5.41, 5.74) is 0.511. The molecule has 2 aromatic rings. The third kappa shape index (κ3) is 2.54. The number of pyridine rings is 1. The molecule has 0 N–H and O–H groups in total. The molecule has 7 heteroatoms. The van der Waals surface area contributed by atoms with Gasteiger partial charge in [0, 0.05) is 13.1 Å².